The highest BCUT2D eigenvalue weighted by molar-refractivity contribution is 8.00. The number of aromatic nitrogens is 3. The summed E-state index contributed by atoms with van der Waals surface area (Å²) in [4.78, 5) is 15.9. The van der Waals surface area contributed by atoms with Gasteiger partial charge in [0.15, 0.2) is 0 Å². The minimum atomic E-state index is -1.35. The Morgan fingerprint density at radius 2 is 2.11 bits per heavy atom. The second kappa shape index (κ2) is 9.59. The molecule has 4 aromatic rings. The molecule has 0 radical (unpaired) electrons. The topological polar surface area (TPSA) is 100 Å². The summed E-state index contributed by atoms with van der Waals surface area (Å²) in [6.45, 7) is 4.61. The number of hydrogen-bond acceptors (Lipinski definition) is 7. The number of methoxy groups -OCH3 is 1. The number of hydrogen-bond donors (Lipinski definition) is 3. The maximum Gasteiger partial charge on any atom is 0.338 e. The lowest BCUT2D eigenvalue weighted by molar-refractivity contribution is 0.0691. The molecular weight excluding hydrogens is 499 g/mol. The normalized spacial score (nSPS) is 15.1. The predicted octanol–water partition coefficient (Wildman–Crippen LogP) is 7.25. The van der Waals surface area contributed by atoms with Crippen LogP contribution in [0.4, 0.5) is 10.1 Å². The van der Waals surface area contributed by atoms with Crippen molar-refractivity contribution < 1.29 is 19.0 Å². The zero-order chi connectivity index (χ0) is 25.4. The predicted molar refractivity (Wildman–Crippen MR) is 142 cm³/mol. The molecule has 0 atom stereocenters. The van der Waals surface area contributed by atoms with Gasteiger partial charge in [-0.25, -0.2) is 14.2 Å². The number of nitrogens with zero attached hydrogens (tertiary/aromatic N) is 2. The Balaban J connectivity index is 1.38. The molecule has 7 nitrogen and oxygen atoms in total. The van der Waals surface area contributed by atoms with Crippen molar-refractivity contribution in [1.82, 2.24) is 15.2 Å². The van der Waals surface area contributed by atoms with Crippen molar-refractivity contribution in [3.05, 3.63) is 58.9 Å². The van der Waals surface area contributed by atoms with E-state index in [-0.39, 0.29) is 5.75 Å². The fourth-order valence-corrected chi connectivity index (χ4v) is 5.94. The third-order valence-corrected chi connectivity index (χ3v) is 8.20. The molecule has 0 unspecified atom stereocenters. The smallest absolute Gasteiger partial charge is 0.338 e. The van der Waals surface area contributed by atoms with Crippen LogP contribution in [0.25, 0.3) is 27.0 Å². The molecule has 0 bridgehead atoms. The largest absolute Gasteiger partial charge is 0.495 e. The van der Waals surface area contributed by atoms with Crippen molar-refractivity contribution in [2.75, 3.05) is 11.8 Å². The first-order valence-electron chi connectivity index (χ1n) is 11.4. The van der Waals surface area contributed by atoms with Gasteiger partial charge >= 0.3 is 5.97 Å². The van der Waals surface area contributed by atoms with Gasteiger partial charge in [0.25, 0.3) is 0 Å². The first kappa shape index (κ1) is 24.3. The summed E-state index contributed by atoms with van der Waals surface area (Å²) in [6, 6.07) is 6.51. The fourth-order valence-electron chi connectivity index (χ4n) is 4.31. The SMILES string of the molecule is COc1cc(C(=O)O)c(F)cc1NSc1csc(-c2ccc(C3=CCC(C)(C)CC3)c3[nH]ncc23)n1. The van der Waals surface area contributed by atoms with Gasteiger partial charge in [-0.2, -0.15) is 5.10 Å². The summed E-state index contributed by atoms with van der Waals surface area (Å²) in [5.41, 5.74) is 4.76. The number of benzene rings is 2. The Hall–Kier alpha value is -3.37. The molecule has 0 saturated heterocycles. The molecule has 186 valence electrons. The van der Waals surface area contributed by atoms with Gasteiger partial charge in [0.2, 0.25) is 0 Å². The van der Waals surface area contributed by atoms with E-state index in [4.69, 9.17) is 14.8 Å². The van der Waals surface area contributed by atoms with E-state index in [1.165, 1.54) is 41.5 Å². The van der Waals surface area contributed by atoms with Crippen LogP contribution in [0, 0.1) is 11.2 Å². The maximum atomic E-state index is 14.2. The summed E-state index contributed by atoms with van der Waals surface area (Å²) in [6.07, 6.45) is 7.45. The molecule has 0 amide bonds. The molecule has 1 aliphatic carbocycles. The van der Waals surface area contributed by atoms with E-state index in [9.17, 15) is 9.18 Å². The number of carboxylic acids is 1. The van der Waals surface area contributed by atoms with E-state index in [0.717, 1.165) is 52.9 Å². The molecule has 3 N–H and O–H groups in total. The molecule has 5 rings (SSSR count). The van der Waals surface area contributed by atoms with Crippen LogP contribution in [-0.2, 0) is 0 Å². The highest BCUT2D eigenvalue weighted by Crippen LogP contribution is 2.41. The minimum absolute atomic E-state index is 0.229. The monoisotopic (exact) mass is 524 g/mol. The third-order valence-electron chi connectivity index (χ3n) is 6.43. The number of ether oxygens (including phenoxy) is 1. The molecule has 0 aliphatic heterocycles. The van der Waals surface area contributed by atoms with E-state index >= 15 is 0 Å². The summed E-state index contributed by atoms with van der Waals surface area (Å²) in [5, 5.41) is 21.1. The second-order valence-electron chi connectivity index (χ2n) is 9.45. The van der Waals surface area contributed by atoms with E-state index in [0.29, 0.717) is 16.1 Å². The number of allylic oxidation sites excluding steroid dienone is 2. The van der Waals surface area contributed by atoms with E-state index in [2.05, 4.69) is 47.0 Å². The molecule has 1 aliphatic rings. The summed E-state index contributed by atoms with van der Waals surface area (Å²) >= 11 is 2.70. The van der Waals surface area contributed by atoms with Crippen molar-refractivity contribution in [2.45, 2.75) is 38.1 Å². The van der Waals surface area contributed by atoms with E-state index in [1.54, 1.807) is 0 Å². The average Bonchev–Trinajstić information content (AvgIpc) is 3.52. The number of aromatic carboxylic acids is 1. The van der Waals surface area contributed by atoms with Crippen LogP contribution in [0.2, 0.25) is 0 Å². The molecule has 0 spiro atoms. The van der Waals surface area contributed by atoms with Gasteiger partial charge in [0.05, 0.1) is 30.1 Å². The van der Waals surface area contributed by atoms with E-state index < -0.39 is 17.3 Å². The second-order valence-corrected chi connectivity index (χ2v) is 11.1. The van der Waals surface area contributed by atoms with Gasteiger partial charge < -0.3 is 14.6 Å². The molecule has 2 aromatic heterocycles. The van der Waals surface area contributed by atoms with Gasteiger partial charge in [0.1, 0.15) is 21.6 Å². The summed E-state index contributed by atoms with van der Waals surface area (Å²) < 4.78 is 22.4. The van der Waals surface area contributed by atoms with Crippen molar-refractivity contribution in [3.63, 3.8) is 0 Å². The van der Waals surface area contributed by atoms with Crippen LogP contribution in [0.3, 0.4) is 0 Å². The lowest BCUT2D eigenvalue weighted by Gasteiger charge is -2.28. The van der Waals surface area contributed by atoms with Gasteiger partial charge in [-0.1, -0.05) is 32.1 Å². The standard InChI is InChI=1S/C26H25FN4O3S2/c1-26(2)8-6-14(7-9-26)15-4-5-16(18-12-28-30-23(15)18)24-29-22(13-35-24)36-31-20-11-19(27)17(25(32)33)10-21(20)34-3/h4-6,10-13,31H,7-9H2,1-3H3,(H,28,30)(H,32,33). The number of carboxylic acid groups (broad SMARTS) is 1. The summed E-state index contributed by atoms with van der Waals surface area (Å²) in [7, 11) is 1.40. The fraction of sp³-hybridized carbons (Fsp3) is 0.269. The molecule has 10 heteroatoms. The van der Waals surface area contributed by atoms with E-state index in [1.807, 2.05) is 11.6 Å². The number of carbonyl (C=O) groups is 1. The molecule has 0 saturated carbocycles. The number of anilines is 1. The van der Waals surface area contributed by atoms with Gasteiger partial charge in [-0.15, -0.1) is 11.3 Å². The van der Waals surface area contributed by atoms with Crippen LogP contribution < -0.4 is 9.46 Å². The Labute approximate surface area is 215 Å². The van der Waals surface area contributed by atoms with Gasteiger partial charge in [-0.3, -0.25) is 5.10 Å². The highest BCUT2D eigenvalue weighted by atomic mass is 32.2. The number of rotatable bonds is 7. The quantitative estimate of drug-likeness (QED) is 0.219. The van der Waals surface area contributed by atoms with Crippen molar-refractivity contribution in [3.8, 4) is 16.3 Å². The van der Waals surface area contributed by atoms with Crippen LogP contribution >= 0.6 is 23.3 Å². The van der Waals surface area contributed by atoms with Crippen molar-refractivity contribution >= 4 is 51.4 Å². The van der Waals surface area contributed by atoms with Gasteiger partial charge in [-0.05, 0) is 36.3 Å². The van der Waals surface area contributed by atoms with Crippen LogP contribution in [0.5, 0.6) is 5.75 Å². The number of thiazole rings is 1. The zero-order valence-corrected chi connectivity index (χ0v) is 21.6. The molecular formula is C26H25FN4O3S2. The highest BCUT2D eigenvalue weighted by Gasteiger charge is 2.24. The molecule has 36 heavy (non-hydrogen) atoms. The van der Waals surface area contributed by atoms with Crippen LogP contribution in [0.1, 0.15) is 49.0 Å². The Morgan fingerprint density at radius 3 is 2.83 bits per heavy atom. The Kier molecular flexibility index (Phi) is 6.48. The van der Waals surface area contributed by atoms with Gasteiger partial charge in [0, 0.05) is 39.9 Å². The Morgan fingerprint density at radius 1 is 1.31 bits per heavy atom. The first-order valence-corrected chi connectivity index (χ1v) is 13.1. The number of halogens is 1. The Bertz CT molecular complexity index is 1490. The average molecular weight is 525 g/mol. The zero-order valence-electron chi connectivity index (χ0n) is 20.0. The number of fused-ring (bicyclic) bond motifs is 1. The van der Waals surface area contributed by atoms with Crippen LogP contribution in [0.15, 0.2) is 46.9 Å². The molecule has 2 heterocycles. The van der Waals surface area contributed by atoms with Crippen molar-refractivity contribution in [2.24, 2.45) is 5.41 Å². The first-order chi connectivity index (χ1) is 17.3. The lowest BCUT2D eigenvalue weighted by atomic mass is 9.77. The number of H-pyrrole nitrogens is 1. The van der Waals surface area contributed by atoms with Crippen molar-refractivity contribution in [1.29, 1.82) is 0 Å². The lowest BCUT2D eigenvalue weighted by Crippen LogP contribution is -2.14. The summed E-state index contributed by atoms with van der Waals surface area (Å²) in [5.74, 6) is -1.97. The molecule has 0 fully saturated rings. The maximum absolute atomic E-state index is 14.2. The number of aromatic amines is 1. The van der Waals surface area contributed by atoms with Crippen LogP contribution in [-0.4, -0.2) is 33.4 Å². The number of nitrogens with one attached hydrogen (secondary N) is 2. The third kappa shape index (κ3) is 4.70. The minimum Gasteiger partial charge on any atom is -0.495 e. The molecule has 2 aromatic carbocycles.